The Morgan fingerprint density at radius 1 is 1.00 bits per heavy atom. The number of aliphatic imine (C=N–C) groups is 1. The van der Waals surface area contributed by atoms with E-state index in [0.717, 1.165) is 11.8 Å². The lowest BCUT2D eigenvalue weighted by atomic mass is 10.2. The molecule has 0 fully saturated rings. The zero-order chi connectivity index (χ0) is 13.1. The smallest absolute Gasteiger partial charge is 0.137 e. The van der Waals surface area contributed by atoms with Crippen LogP contribution in [0.4, 0.5) is 18.9 Å². The van der Waals surface area contributed by atoms with Crippen molar-refractivity contribution < 1.29 is 13.2 Å². The van der Waals surface area contributed by atoms with Gasteiger partial charge in [-0.2, -0.15) is 0 Å². The maximum atomic E-state index is 13.3. The summed E-state index contributed by atoms with van der Waals surface area (Å²) in [5.74, 6) is -2.88. The molecule has 0 atom stereocenters. The standard InChI is InChI=1S/C14H10F3N/c1-9-4-2-3-5-14(9)18-8-11-12(16)6-10(15)7-13(11)17/h2-8H,1H3. The Hall–Kier alpha value is -2.10. The molecule has 18 heavy (non-hydrogen) atoms. The monoisotopic (exact) mass is 249 g/mol. The minimum absolute atomic E-state index is 0.348. The largest absolute Gasteiger partial charge is 0.256 e. The zero-order valence-corrected chi connectivity index (χ0v) is 9.62. The second kappa shape index (κ2) is 5.04. The predicted molar refractivity (Wildman–Crippen MR) is 64.7 cm³/mol. The van der Waals surface area contributed by atoms with Crippen LogP contribution in [-0.2, 0) is 0 Å². The summed E-state index contributed by atoms with van der Waals surface area (Å²) < 4.78 is 39.4. The van der Waals surface area contributed by atoms with Crippen LogP contribution in [0, 0.1) is 24.4 Å². The quantitative estimate of drug-likeness (QED) is 0.708. The van der Waals surface area contributed by atoms with Gasteiger partial charge in [0.15, 0.2) is 0 Å². The Balaban J connectivity index is 2.38. The molecule has 0 bridgehead atoms. The van der Waals surface area contributed by atoms with E-state index in [0.29, 0.717) is 17.8 Å². The summed E-state index contributed by atoms with van der Waals surface area (Å²) in [7, 11) is 0. The molecule has 92 valence electrons. The Morgan fingerprint density at radius 3 is 2.22 bits per heavy atom. The molecular weight excluding hydrogens is 239 g/mol. The highest BCUT2D eigenvalue weighted by atomic mass is 19.1. The molecule has 0 unspecified atom stereocenters. The molecule has 4 heteroatoms. The summed E-state index contributed by atoms with van der Waals surface area (Å²) in [6.45, 7) is 1.84. The molecule has 0 aliphatic heterocycles. The maximum Gasteiger partial charge on any atom is 0.137 e. The van der Waals surface area contributed by atoms with Crippen LogP contribution in [0.15, 0.2) is 41.4 Å². The molecule has 0 radical (unpaired) electrons. The van der Waals surface area contributed by atoms with E-state index in [1.165, 1.54) is 0 Å². The van der Waals surface area contributed by atoms with Crippen molar-refractivity contribution in [1.29, 1.82) is 0 Å². The molecule has 0 aromatic heterocycles. The van der Waals surface area contributed by atoms with E-state index < -0.39 is 17.5 Å². The van der Waals surface area contributed by atoms with Crippen LogP contribution in [0.25, 0.3) is 0 Å². The van der Waals surface area contributed by atoms with E-state index in [2.05, 4.69) is 4.99 Å². The molecule has 0 aliphatic carbocycles. The Labute approximate surface area is 103 Å². The third kappa shape index (κ3) is 2.59. The summed E-state index contributed by atoms with van der Waals surface area (Å²) >= 11 is 0. The fraction of sp³-hybridized carbons (Fsp3) is 0.0714. The van der Waals surface area contributed by atoms with Crippen molar-refractivity contribution in [2.45, 2.75) is 6.92 Å². The number of aryl methyl sites for hydroxylation is 1. The molecule has 2 aromatic rings. The first-order chi connectivity index (χ1) is 8.58. The number of para-hydroxylation sites is 1. The maximum absolute atomic E-state index is 13.3. The number of hydrogen-bond donors (Lipinski definition) is 0. The normalized spacial score (nSPS) is 11.1. The molecule has 0 saturated heterocycles. The number of hydrogen-bond acceptors (Lipinski definition) is 1. The van der Waals surface area contributed by atoms with Gasteiger partial charge in [-0.05, 0) is 18.6 Å². The van der Waals surface area contributed by atoms with E-state index in [1.807, 2.05) is 19.1 Å². The molecule has 2 rings (SSSR count). The van der Waals surface area contributed by atoms with Crippen LogP contribution in [0.5, 0.6) is 0 Å². The molecule has 0 aliphatic rings. The van der Waals surface area contributed by atoms with Crippen molar-refractivity contribution in [1.82, 2.24) is 0 Å². The van der Waals surface area contributed by atoms with Gasteiger partial charge in [0, 0.05) is 18.3 Å². The molecule has 0 amide bonds. The lowest BCUT2D eigenvalue weighted by Gasteiger charge is -2.01. The fourth-order valence-corrected chi connectivity index (χ4v) is 1.52. The highest BCUT2D eigenvalue weighted by Gasteiger charge is 2.09. The second-order valence-electron chi connectivity index (χ2n) is 3.83. The number of rotatable bonds is 2. The van der Waals surface area contributed by atoms with Crippen LogP contribution in [0.3, 0.4) is 0 Å². The van der Waals surface area contributed by atoms with Gasteiger partial charge in [-0.25, -0.2) is 13.2 Å². The Bertz CT molecular complexity index is 583. The van der Waals surface area contributed by atoms with Gasteiger partial charge in [-0.1, -0.05) is 18.2 Å². The van der Waals surface area contributed by atoms with Gasteiger partial charge in [0.1, 0.15) is 17.5 Å². The van der Waals surface area contributed by atoms with Gasteiger partial charge >= 0.3 is 0 Å². The third-order valence-corrected chi connectivity index (χ3v) is 2.49. The van der Waals surface area contributed by atoms with E-state index in [-0.39, 0.29) is 5.56 Å². The van der Waals surface area contributed by atoms with Gasteiger partial charge in [0.05, 0.1) is 11.3 Å². The highest BCUT2D eigenvalue weighted by Crippen LogP contribution is 2.18. The Morgan fingerprint density at radius 2 is 1.61 bits per heavy atom. The first-order valence-corrected chi connectivity index (χ1v) is 5.32. The van der Waals surface area contributed by atoms with Crippen LogP contribution in [0.1, 0.15) is 11.1 Å². The van der Waals surface area contributed by atoms with Crippen molar-refractivity contribution in [2.24, 2.45) is 4.99 Å². The van der Waals surface area contributed by atoms with E-state index in [1.54, 1.807) is 12.1 Å². The molecule has 0 saturated carbocycles. The van der Waals surface area contributed by atoms with Gasteiger partial charge in [0.2, 0.25) is 0 Å². The van der Waals surface area contributed by atoms with Crippen molar-refractivity contribution >= 4 is 11.9 Å². The van der Waals surface area contributed by atoms with Crippen molar-refractivity contribution in [2.75, 3.05) is 0 Å². The minimum Gasteiger partial charge on any atom is -0.256 e. The number of halogens is 3. The van der Waals surface area contributed by atoms with Crippen molar-refractivity contribution in [3.63, 3.8) is 0 Å². The van der Waals surface area contributed by atoms with Gasteiger partial charge in [-0.15, -0.1) is 0 Å². The SMILES string of the molecule is Cc1ccccc1N=Cc1c(F)cc(F)cc1F. The number of benzene rings is 2. The number of nitrogens with zero attached hydrogens (tertiary/aromatic N) is 1. The molecule has 0 N–H and O–H groups in total. The highest BCUT2D eigenvalue weighted by molar-refractivity contribution is 5.82. The Kier molecular flexibility index (Phi) is 3.46. The lowest BCUT2D eigenvalue weighted by Crippen LogP contribution is -1.95. The average Bonchev–Trinajstić information content (AvgIpc) is 2.30. The predicted octanol–water partition coefficient (Wildman–Crippen LogP) is 4.16. The van der Waals surface area contributed by atoms with Crippen molar-refractivity contribution in [3.05, 3.63) is 65.0 Å². The van der Waals surface area contributed by atoms with Crippen LogP contribution in [0.2, 0.25) is 0 Å². The van der Waals surface area contributed by atoms with Crippen LogP contribution < -0.4 is 0 Å². The average molecular weight is 249 g/mol. The zero-order valence-electron chi connectivity index (χ0n) is 9.62. The summed E-state index contributed by atoms with van der Waals surface area (Å²) in [6.07, 6.45) is 1.06. The van der Waals surface area contributed by atoms with Crippen molar-refractivity contribution in [3.8, 4) is 0 Å². The lowest BCUT2D eigenvalue weighted by molar-refractivity contribution is 0.541. The molecule has 1 nitrogen and oxygen atoms in total. The van der Waals surface area contributed by atoms with Gasteiger partial charge in [-0.3, -0.25) is 4.99 Å². The summed E-state index contributed by atoms with van der Waals surface area (Å²) in [5.41, 5.74) is 1.15. The van der Waals surface area contributed by atoms with Gasteiger partial charge in [0.25, 0.3) is 0 Å². The second-order valence-corrected chi connectivity index (χ2v) is 3.83. The molecule has 0 heterocycles. The summed E-state index contributed by atoms with van der Waals surface area (Å²) in [4.78, 5) is 4.00. The molecule has 0 spiro atoms. The van der Waals surface area contributed by atoms with E-state index in [4.69, 9.17) is 0 Å². The minimum atomic E-state index is -0.968. The van der Waals surface area contributed by atoms with Crippen LogP contribution in [-0.4, -0.2) is 6.21 Å². The van der Waals surface area contributed by atoms with E-state index in [9.17, 15) is 13.2 Å². The topological polar surface area (TPSA) is 12.4 Å². The van der Waals surface area contributed by atoms with E-state index >= 15 is 0 Å². The summed E-state index contributed by atoms with van der Waals surface area (Å²) in [6, 6.07) is 8.43. The first-order valence-electron chi connectivity index (χ1n) is 5.32. The van der Waals surface area contributed by atoms with Gasteiger partial charge < -0.3 is 0 Å². The fourth-order valence-electron chi connectivity index (χ4n) is 1.52. The summed E-state index contributed by atoms with van der Waals surface area (Å²) in [5, 5.41) is 0. The molecule has 2 aromatic carbocycles. The molecular formula is C14H10F3N. The first kappa shape index (κ1) is 12.4. The van der Waals surface area contributed by atoms with Crippen LogP contribution >= 0.6 is 0 Å². The third-order valence-electron chi connectivity index (χ3n) is 2.49.